The van der Waals surface area contributed by atoms with Gasteiger partial charge in [0.05, 0.1) is 7.11 Å². The molecule has 0 spiro atoms. The topological polar surface area (TPSA) is 92.6 Å². The molecular weight excluding hydrogens is 396 g/mol. The molecule has 0 aliphatic carbocycles. The van der Waals surface area contributed by atoms with E-state index in [1.54, 1.807) is 7.11 Å². The first-order valence-electron chi connectivity index (χ1n) is 10.9. The minimum atomic E-state index is -0.467. The number of ether oxygens (including phenoxy) is 1. The minimum Gasteiger partial charge on any atom is -0.497 e. The number of carbonyl (C=O) groups is 1. The smallest absolute Gasteiger partial charge is 0.286 e. The van der Waals surface area contributed by atoms with Crippen molar-refractivity contribution < 1.29 is 9.53 Å². The average molecular weight is 429 g/mol. The Bertz CT molecular complexity index is 939. The molecule has 2 aromatic rings. The summed E-state index contributed by atoms with van der Waals surface area (Å²) in [5.74, 6) is 0.731. The molecule has 1 aliphatic heterocycles. The fourth-order valence-electron chi connectivity index (χ4n) is 3.79. The summed E-state index contributed by atoms with van der Waals surface area (Å²) in [5, 5.41) is 11.1. The van der Waals surface area contributed by atoms with Crippen molar-refractivity contribution in [1.29, 1.82) is 0 Å². The molecule has 1 aliphatic rings. The Morgan fingerprint density at radius 2 is 1.90 bits per heavy atom. The Balaban J connectivity index is 1.66. The van der Waals surface area contributed by atoms with Crippen LogP contribution in [0.1, 0.15) is 44.1 Å². The molecule has 0 saturated carbocycles. The van der Waals surface area contributed by atoms with E-state index in [0.717, 1.165) is 43.9 Å². The summed E-state index contributed by atoms with van der Waals surface area (Å²) in [7, 11) is 1.61. The molecule has 31 heavy (non-hydrogen) atoms. The van der Waals surface area contributed by atoms with Gasteiger partial charge in [0.25, 0.3) is 11.5 Å². The lowest BCUT2D eigenvalue weighted by Crippen LogP contribution is -2.39. The van der Waals surface area contributed by atoms with Crippen LogP contribution >= 0.6 is 0 Å². The average Bonchev–Trinajstić information content (AvgIpc) is 3.22. The van der Waals surface area contributed by atoms with E-state index in [-0.39, 0.29) is 11.7 Å². The molecule has 0 saturated heterocycles. The van der Waals surface area contributed by atoms with E-state index < -0.39 is 11.5 Å². The number of nitrogens with zero attached hydrogens (tertiary/aromatic N) is 5. The Hall–Kier alpha value is -2.94. The summed E-state index contributed by atoms with van der Waals surface area (Å²) >= 11 is 0. The summed E-state index contributed by atoms with van der Waals surface area (Å²) in [6.45, 7) is 10.3. The van der Waals surface area contributed by atoms with E-state index in [1.807, 2.05) is 36.1 Å². The SMILES string of the molecule is CCN(CC)CCCC(C)NC(=O)c1nnc2n(c1=O)CCN2c1ccc(OC)cc1. The molecule has 1 aromatic heterocycles. The minimum absolute atomic E-state index is 0.0432. The van der Waals surface area contributed by atoms with Crippen molar-refractivity contribution >= 4 is 17.5 Å². The first-order valence-corrected chi connectivity index (χ1v) is 10.9. The first-order chi connectivity index (χ1) is 15.0. The van der Waals surface area contributed by atoms with Crippen LogP contribution in [-0.2, 0) is 6.54 Å². The fourth-order valence-corrected chi connectivity index (χ4v) is 3.79. The van der Waals surface area contributed by atoms with Crippen LogP contribution in [0.4, 0.5) is 11.6 Å². The van der Waals surface area contributed by atoms with Gasteiger partial charge in [-0.15, -0.1) is 10.2 Å². The van der Waals surface area contributed by atoms with Gasteiger partial charge < -0.3 is 19.9 Å². The Morgan fingerprint density at radius 3 is 2.55 bits per heavy atom. The summed E-state index contributed by atoms with van der Waals surface area (Å²) < 4.78 is 6.70. The van der Waals surface area contributed by atoms with Crippen LogP contribution in [0.2, 0.25) is 0 Å². The van der Waals surface area contributed by atoms with Crippen molar-refractivity contribution in [2.45, 2.75) is 46.2 Å². The standard InChI is InChI=1S/C22H32N6O3/c1-5-26(6-2)13-7-8-16(3)23-20(29)19-21(30)28-15-14-27(22(28)25-24-19)17-9-11-18(31-4)12-10-17/h9-12,16H,5-8,13-15H2,1-4H3,(H,23,29). The van der Waals surface area contributed by atoms with Gasteiger partial charge >= 0.3 is 0 Å². The molecule has 1 aromatic carbocycles. The number of aromatic nitrogens is 3. The second kappa shape index (κ2) is 10.4. The van der Waals surface area contributed by atoms with Gasteiger partial charge in [-0.05, 0) is 63.7 Å². The van der Waals surface area contributed by atoms with Crippen molar-refractivity contribution in [2.24, 2.45) is 0 Å². The second-order valence-corrected chi connectivity index (χ2v) is 7.70. The Kier molecular flexibility index (Phi) is 7.62. The Labute approximate surface area is 183 Å². The lowest BCUT2D eigenvalue weighted by Gasteiger charge is -2.19. The summed E-state index contributed by atoms with van der Waals surface area (Å²) in [6.07, 6.45) is 1.82. The van der Waals surface area contributed by atoms with Gasteiger partial charge in [0.1, 0.15) is 5.75 Å². The molecule has 1 amide bonds. The summed E-state index contributed by atoms with van der Waals surface area (Å²) in [4.78, 5) is 29.8. The van der Waals surface area contributed by atoms with Crippen LogP contribution in [-0.4, -0.2) is 64.9 Å². The third kappa shape index (κ3) is 5.22. The lowest BCUT2D eigenvalue weighted by molar-refractivity contribution is 0.0928. The third-order valence-electron chi connectivity index (χ3n) is 5.70. The van der Waals surface area contributed by atoms with Gasteiger partial charge in [-0.1, -0.05) is 13.8 Å². The first kappa shape index (κ1) is 22.7. The monoisotopic (exact) mass is 428 g/mol. The molecule has 1 unspecified atom stereocenters. The number of benzene rings is 1. The molecule has 168 valence electrons. The van der Waals surface area contributed by atoms with Gasteiger partial charge in [-0.25, -0.2) is 0 Å². The molecule has 9 nitrogen and oxygen atoms in total. The van der Waals surface area contributed by atoms with Crippen molar-refractivity contribution in [3.8, 4) is 5.75 Å². The molecule has 1 N–H and O–H groups in total. The third-order valence-corrected chi connectivity index (χ3v) is 5.70. The maximum absolute atomic E-state index is 12.9. The van der Waals surface area contributed by atoms with E-state index in [4.69, 9.17) is 4.74 Å². The van der Waals surface area contributed by atoms with E-state index in [9.17, 15) is 9.59 Å². The maximum Gasteiger partial charge on any atom is 0.286 e. The van der Waals surface area contributed by atoms with E-state index in [0.29, 0.717) is 19.0 Å². The molecular formula is C22H32N6O3. The number of hydrogen-bond donors (Lipinski definition) is 1. The van der Waals surface area contributed by atoms with Crippen LogP contribution in [0.3, 0.4) is 0 Å². The second-order valence-electron chi connectivity index (χ2n) is 7.70. The largest absolute Gasteiger partial charge is 0.497 e. The number of amides is 1. The Morgan fingerprint density at radius 1 is 1.19 bits per heavy atom. The highest BCUT2D eigenvalue weighted by Crippen LogP contribution is 2.28. The van der Waals surface area contributed by atoms with Crippen LogP contribution in [0, 0.1) is 0 Å². The number of anilines is 2. The molecule has 0 radical (unpaired) electrons. The number of fused-ring (bicyclic) bond motifs is 1. The van der Waals surface area contributed by atoms with E-state index >= 15 is 0 Å². The van der Waals surface area contributed by atoms with E-state index in [1.165, 1.54) is 4.57 Å². The van der Waals surface area contributed by atoms with Gasteiger partial charge in [0.15, 0.2) is 0 Å². The number of carbonyl (C=O) groups excluding carboxylic acids is 1. The van der Waals surface area contributed by atoms with Crippen LogP contribution in [0.15, 0.2) is 29.1 Å². The van der Waals surface area contributed by atoms with Gasteiger partial charge in [-0.2, -0.15) is 0 Å². The highest BCUT2D eigenvalue weighted by molar-refractivity contribution is 5.92. The maximum atomic E-state index is 12.9. The van der Waals surface area contributed by atoms with E-state index in [2.05, 4.69) is 34.3 Å². The predicted octanol–water partition coefficient (Wildman–Crippen LogP) is 2.04. The zero-order valence-corrected chi connectivity index (χ0v) is 18.8. The zero-order valence-electron chi connectivity index (χ0n) is 18.8. The molecule has 0 bridgehead atoms. The van der Waals surface area contributed by atoms with Crippen LogP contribution in [0.25, 0.3) is 0 Å². The molecule has 9 heteroatoms. The van der Waals surface area contributed by atoms with Crippen LogP contribution in [0.5, 0.6) is 5.75 Å². The highest BCUT2D eigenvalue weighted by atomic mass is 16.5. The van der Waals surface area contributed by atoms with Gasteiger partial charge in [-0.3, -0.25) is 14.2 Å². The fraction of sp³-hybridized carbons (Fsp3) is 0.545. The highest BCUT2D eigenvalue weighted by Gasteiger charge is 2.27. The quantitative estimate of drug-likeness (QED) is 0.619. The van der Waals surface area contributed by atoms with Gasteiger partial charge in [0.2, 0.25) is 11.6 Å². The number of nitrogens with one attached hydrogen (secondary N) is 1. The van der Waals surface area contributed by atoms with Crippen molar-refractivity contribution in [2.75, 3.05) is 38.2 Å². The normalized spacial score (nSPS) is 13.9. The van der Waals surface area contributed by atoms with Crippen molar-refractivity contribution in [1.82, 2.24) is 25.0 Å². The van der Waals surface area contributed by atoms with Gasteiger partial charge in [0, 0.05) is 24.8 Å². The number of methoxy groups -OCH3 is 1. The zero-order chi connectivity index (χ0) is 22.4. The molecule has 2 heterocycles. The number of rotatable bonds is 10. The predicted molar refractivity (Wildman–Crippen MR) is 120 cm³/mol. The summed E-state index contributed by atoms with van der Waals surface area (Å²) in [6, 6.07) is 7.47. The summed E-state index contributed by atoms with van der Waals surface area (Å²) in [5.41, 5.74) is 0.324. The number of hydrogen-bond acceptors (Lipinski definition) is 7. The van der Waals surface area contributed by atoms with Crippen LogP contribution < -0.4 is 20.5 Å². The van der Waals surface area contributed by atoms with Crippen molar-refractivity contribution in [3.63, 3.8) is 0 Å². The van der Waals surface area contributed by atoms with Crippen molar-refractivity contribution in [3.05, 3.63) is 40.3 Å². The molecule has 3 rings (SSSR count). The molecule has 0 fully saturated rings. The molecule has 1 atom stereocenters. The lowest BCUT2D eigenvalue weighted by atomic mass is 10.1.